The molecule has 0 spiro atoms. The van der Waals surface area contributed by atoms with Gasteiger partial charge in [-0.1, -0.05) is 44.2 Å². The van der Waals surface area contributed by atoms with Gasteiger partial charge in [-0.3, -0.25) is 0 Å². The van der Waals surface area contributed by atoms with E-state index in [1.807, 2.05) is 38.1 Å². The lowest BCUT2D eigenvalue weighted by Gasteiger charge is -2.21. The molecule has 0 aliphatic rings. The van der Waals surface area contributed by atoms with E-state index in [4.69, 9.17) is 9.47 Å². The Hall–Kier alpha value is -3.24. The number of benzene rings is 2. The standard InChI is InChI=1S/C23H28N4O5S/c1-23(2,21-15-25-27-26-21)16-33(29,30)20-9-7-18(8-10-20)19-6-4-5-17(13-19)14-24-22(28)32-12-11-31-3/h4-10,13,15H,11-12,14,16H2,1-3H3,(H,24,28)(H,25,26,27). The summed E-state index contributed by atoms with van der Waals surface area (Å²) in [5.74, 6) is -0.0898. The molecule has 2 aromatic carbocycles. The SMILES string of the molecule is COCCOC(=O)NCc1cccc(-c2ccc(S(=O)(=O)CC(C)(C)c3cn[nH]n3)cc2)c1. The van der Waals surface area contributed by atoms with Gasteiger partial charge in [-0.15, -0.1) is 0 Å². The second-order valence-electron chi connectivity index (χ2n) is 8.21. The fourth-order valence-electron chi connectivity index (χ4n) is 3.32. The highest BCUT2D eigenvalue weighted by atomic mass is 32.2. The molecule has 0 unspecified atom stereocenters. The molecule has 0 aliphatic heterocycles. The van der Waals surface area contributed by atoms with E-state index in [9.17, 15) is 13.2 Å². The summed E-state index contributed by atoms with van der Waals surface area (Å²) < 4.78 is 35.8. The van der Waals surface area contributed by atoms with Gasteiger partial charge in [0.05, 0.1) is 29.1 Å². The van der Waals surface area contributed by atoms with Crippen molar-refractivity contribution < 1.29 is 22.7 Å². The second kappa shape index (κ2) is 10.6. The van der Waals surface area contributed by atoms with Gasteiger partial charge in [-0.25, -0.2) is 13.2 Å². The van der Waals surface area contributed by atoms with Crippen molar-refractivity contribution in [2.75, 3.05) is 26.1 Å². The van der Waals surface area contributed by atoms with Crippen LogP contribution in [0.3, 0.4) is 0 Å². The Bertz CT molecular complexity index is 1160. The Kier molecular flexibility index (Phi) is 7.83. The van der Waals surface area contributed by atoms with E-state index in [2.05, 4.69) is 20.7 Å². The van der Waals surface area contributed by atoms with Gasteiger partial charge in [0.2, 0.25) is 0 Å². The molecule has 0 bridgehead atoms. The molecule has 33 heavy (non-hydrogen) atoms. The first-order chi connectivity index (χ1) is 15.7. The van der Waals surface area contributed by atoms with Crippen molar-refractivity contribution in [2.24, 2.45) is 0 Å². The molecular formula is C23H28N4O5S. The summed E-state index contributed by atoms with van der Waals surface area (Å²) in [5.41, 5.74) is 2.58. The number of nitrogens with one attached hydrogen (secondary N) is 2. The van der Waals surface area contributed by atoms with E-state index in [0.29, 0.717) is 18.8 Å². The van der Waals surface area contributed by atoms with Gasteiger partial charge in [0.1, 0.15) is 6.61 Å². The Morgan fingerprint density at radius 2 is 1.85 bits per heavy atom. The van der Waals surface area contributed by atoms with Gasteiger partial charge >= 0.3 is 6.09 Å². The van der Waals surface area contributed by atoms with Crippen LogP contribution in [0.15, 0.2) is 59.6 Å². The number of nitrogens with zero attached hydrogens (tertiary/aromatic N) is 2. The van der Waals surface area contributed by atoms with E-state index < -0.39 is 21.3 Å². The number of hydrogen-bond donors (Lipinski definition) is 2. The first-order valence-electron chi connectivity index (χ1n) is 10.4. The lowest BCUT2D eigenvalue weighted by molar-refractivity contribution is 0.0983. The van der Waals surface area contributed by atoms with Crippen LogP contribution in [0.5, 0.6) is 0 Å². The number of H-pyrrole nitrogens is 1. The maximum atomic E-state index is 13.0. The van der Waals surface area contributed by atoms with Crippen LogP contribution in [0, 0.1) is 0 Å². The van der Waals surface area contributed by atoms with E-state index in [1.165, 1.54) is 7.11 Å². The highest BCUT2D eigenvalue weighted by Crippen LogP contribution is 2.28. The van der Waals surface area contributed by atoms with Crippen LogP contribution in [0.25, 0.3) is 11.1 Å². The lowest BCUT2D eigenvalue weighted by Crippen LogP contribution is -2.28. The third-order valence-electron chi connectivity index (χ3n) is 5.09. The Morgan fingerprint density at radius 3 is 2.52 bits per heavy atom. The third-order valence-corrected chi connectivity index (χ3v) is 7.18. The molecule has 0 fully saturated rings. The molecule has 0 saturated carbocycles. The third kappa shape index (κ3) is 6.62. The topological polar surface area (TPSA) is 123 Å². The molecule has 2 N–H and O–H groups in total. The Morgan fingerprint density at radius 1 is 1.09 bits per heavy atom. The monoisotopic (exact) mass is 472 g/mol. The smallest absolute Gasteiger partial charge is 0.407 e. The summed E-state index contributed by atoms with van der Waals surface area (Å²) in [5, 5.41) is 13.0. The molecule has 0 aliphatic carbocycles. The maximum Gasteiger partial charge on any atom is 0.407 e. The molecular weight excluding hydrogens is 444 g/mol. The molecule has 0 atom stereocenters. The van der Waals surface area contributed by atoms with Crippen molar-refractivity contribution in [1.29, 1.82) is 0 Å². The largest absolute Gasteiger partial charge is 0.447 e. The minimum atomic E-state index is -3.53. The molecule has 0 radical (unpaired) electrons. The van der Waals surface area contributed by atoms with Crippen molar-refractivity contribution in [3.05, 3.63) is 66.0 Å². The number of rotatable bonds is 10. The zero-order valence-corrected chi connectivity index (χ0v) is 19.7. The molecule has 1 amide bonds. The summed E-state index contributed by atoms with van der Waals surface area (Å²) in [6.07, 6.45) is 1.03. The first-order valence-corrected chi connectivity index (χ1v) is 12.0. The van der Waals surface area contributed by atoms with Crippen molar-refractivity contribution in [1.82, 2.24) is 20.7 Å². The minimum Gasteiger partial charge on any atom is -0.447 e. The van der Waals surface area contributed by atoms with Gasteiger partial charge in [0.15, 0.2) is 9.84 Å². The van der Waals surface area contributed by atoms with Crippen LogP contribution < -0.4 is 5.32 Å². The fraction of sp³-hybridized carbons (Fsp3) is 0.348. The number of sulfone groups is 1. The quantitative estimate of drug-likeness (QED) is 0.435. The Balaban J connectivity index is 1.67. The zero-order valence-electron chi connectivity index (χ0n) is 18.9. The lowest BCUT2D eigenvalue weighted by atomic mass is 9.93. The number of methoxy groups -OCH3 is 1. The molecule has 1 aromatic heterocycles. The van der Waals surface area contributed by atoms with E-state index >= 15 is 0 Å². The number of ether oxygens (including phenoxy) is 2. The summed E-state index contributed by atoms with van der Waals surface area (Å²) >= 11 is 0. The molecule has 176 valence electrons. The van der Waals surface area contributed by atoms with Crippen LogP contribution >= 0.6 is 0 Å². The average molecular weight is 473 g/mol. The van der Waals surface area contributed by atoms with Crippen LogP contribution in [-0.4, -0.2) is 56.0 Å². The number of aromatic amines is 1. The normalized spacial score (nSPS) is 11.8. The number of alkyl carbamates (subject to hydrolysis) is 1. The average Bonchev–Trinajstić information content (AvgIpc) is 3.34. The van der Waals surface area contributed by atoms with Crippen LogP contribution in [0.2, 0.25) is 0 Å². The number of carbonyl (C=O) groups is 1. The van der Waals surface area contributed by atoms with Gasteiger partial charge in [0.25, 0.3) is 0 Å². The van der Waals surface area contributed by atoms with Gasteiger partial charge in [-0.05, 0) is 34.9 Å². The van der Waals surface area contributed by atoms with E-state index in [-0.39, 0.29) is 17.3 Å². The molecule has 1 heterocycles. The number of aromatic nitrogens is 3. The molecule has 10 heteroatoms. The Labute approximate surface area is 193 Å². The fourth-order valence-corrected chi connectivity index (χ4v) is 5.13. The van der Waals surface area contributed by atoms with E-state index in [1.54, 1.807) is 30.5 Å². The van der Waals surface area contributed by atoms with Crippen molar-refractivity contribution in [3.8, 4) is 11.1 Å². The molecule has 0 saturated heterocycles. The first kappa shape index (κ1) is 24.4. The predicted molar refractivity (Wildman–Crippen MR) is 123 cm³/mol. The molecule has 3 aromatic rings. The predicted octanol–water partition coefficient (Wildman–Crippen LogP) is 3.10. The summed E-state index contributed by atoms with van der Waals surface area (Å²) in [6.45, 7) is 4.48. The van der Waals surface area contributed by atoms with Gasteiger partial charge in [0, 0.05) is 19.1 Å². The molecule has 3 rings (SSSR count). The summed E-state index contributed by atoms with van der Waals surface area (Å²) in [7, 11) is -1.99. The highest BCUT2D eigenvalue weighted by molar-refractivity contribution is 7.91. The van der Waals surface area contributed by atoms with Crippen molar-refractivity contribution in [2.45, 2.75) is 30.7 Å². The number of hydrogen-bond acceptors (Lipinski definition) is 7. The van der Waals surface area contributed by atoms with Gasteiger partial charge in [-0.2, -0.15) is 15.4 Å². The number of amides is 1. The van der Waals surface area contributed by atoms with Gasteiger partial charge < -0.3 is 14.8 Å². The van der Waals surface area contributed by atoms with Crippen LogP contribution in [-0.2, 0) is 31.3 Å². The summed E-state index contributed by atoms with van der Waals surface area (Å²) in [4.78, 5) is 11.9. The maximum absolute atomic E-state index is 13.0. The summed E-state index contributed by atoms with van der Waals surface area (Å²) in [6, 6.07) is 14.4. The zero-order chi connectivity index (χ0) is 23.9. The highest BCUT2D eigenvalue weighted by Gasteiger charge is 2.31. The van der Waals surface area contributed by atoms with Crippen molar-refractivity contribution in [3.63, 3.8) is 0 Å². The van der Waals surface area contributed by atoms with E-state index in [0.717, 1.165) is 16.7 Å². The van der Waals surface area contributed by atoms with Crippen LogP contribution in [0.4, 0.5) is 4.79 Å². The minimum absolute atomic E-state index is 0.0898. The molecule has 9 nitrogen and oxygen atoms in total. The van der Waals surface area contributed by atoms with Crippen molar-refractivity contribution >= 4 is 15.9 Å². The number of carbonyl (C=O) groups excluding carboxylic acids is 1. The second-order valence-corrected chi connectivity index (χ2v) is 10.2. The van der Waals surface area contributed by atoms with Crippen LogP contribution in [0.1, 0.15) is 25.1 Å².